The van der Waals surface area contributed by atoms with Crippen molar-refractivity contribution in [2.75, 3.05) is 7.11 Å². The lowest BCUT2D eigenvalue weighted by Gasteiger charge is -2.22. The number of carbonyl (C=O) groups excluding carboxylic acids is 2. The van der Waals surface area contributed by atoms with Crippen molar-refractivity contribution >= 4 is 11.9 Å². The van der Waals surface area contributed by atoms with Gasteiger partial charge >= 0.3 is 6.09 Å². The Labute approximate surface area is 185 Å². The van der Waals surface area contributed by atoms with Crippen LogP contribution in [0.15, 0.2) is 48.8 Å². The standard InChI is InChI=1S/C23H24N5O4/c1-22(2,3)32-21(30)26-23(10-11-23)20(29)17-13-18(16-7-5-6-12-24-16)28(27-17)15-8-9-19(31-4)25-14-15/h5-10,12-14H,11H2,1-4H3,(H,26,30). The van der Waals surface area contributed by atoms with E-state index < -0.39 is 17.2 Å². The van der Waals surface area contributed by atoms with Gasteiger partial charge < -0.3 is 14.8 Å². The Kier molecular flexibility index (Phi) is 5.41. The highest BCUT2D eigenvalue weighted by Gasteiger charge is 2.53. The first kappa shape index (κ1) is 21.5. The predicted octanol–water partition coefficient (Wildman–Crippen LogP) is 3.39. The van der Waals surface area contributed by atoms with Gasteiger partial charge in [0.15, 0.2) is 0 Å². The van der Waals surface area contributed by atoms with E-state index in [1.807, 2.05) is 18.2 Å². The van der Waals surface area contributed by atoms with Crippen LogP contribution in [0.4, 0.5) is 4.79 Å². The fraction of sp³-hybridized carbons (Fsp3) is 0.304. The van der Waals surface area contributed by atoms with E-state index in [0.29, 0.717) is 29.4 Å². The van der Waals surface area contributed by atoms with Crippen molar-refractivity contribution in [2.24, 2.45) is 0 Å². The summed E-state index contributed by atoms with van der Waals surface area (Å²) in [5.74, 6) is 0.144. The maximum atomic E-state index is 13.3. The second kappa shape index (κ2) is 8.07. The zero-order valence-corrected chi connectivity index (χ0v) is 18.3. The van der Waals surface area contributed by atoms with Gasteiger partial charge in [0.2, 0.25) is 11.7 Å². The lowest BCUT2D eigenvalue weighted by molar-refractivity contribution is 0.0486. The van der Waals surface area contributed by atoms with Crippen molar-refractivity contribution in [1.82, 2.24) is 25.1 Å². The molecule has 1 radical (unpaired) electrons. The molecule has 9 heteroatoms. The van der Waals surface area contributed by atoms with E-state index in [4.69, 9.17) is 9.47 Å². The second-order valence-electron chi connectivity index (χ2n) is 8.44. The SMILES string of the molecule is COc1ccc(-n2nc(C(=O)C3(NC(=O)OC(C)(C)C)[CH]C3)cc2-c2ccccn2)cn1. The number of alkyl carbamates (subject to hydrolysis) is 1. The van der Waals surface area contributed by atoms with Crippen LogP contribution in [0.5, 0.6) is 5.88 Å². The summed E-state index contributed by atoms with van der Waals surface area (Å²) in [6.45, 7) is 5.30. The number of aromatic nitrogens is 4. The van der Waals surface area contributed by atoms with Crippen LogP contribution in [0, 0.1) is 6.42 Å². The van der Waals surface area contributed by atoms with E-state index in [9.17, 15) is 9.59 Å². The summed E-state index contributed by atoms with van der Waals surface area (Å²) in [5, 5.41) is 7.22. The van der Waals surface area contributed by atoms with Gasteiger partial charge in [0.1, 0.15) is 16.8 Å². The van der Waals surface area contributed by atoms with Crippen molar-refractivity contribution in [2.45, 2.75) is 38.3 Å². The third kappa shape index (κ3) is 4.46. The van der Waals surface area contributed by atoms with Crippen LogP contribution >= 0.6 is 0 Å². The molecule has 0 bridgehead atoms. The van der Waals surface area contributed by atoms with E-state index in [2.05, 4.69) is 20.4 Å². The number of methoxy groups -OCH3 is 1. The number of ketones is 1. The van der Waals surface area contributed by atoms with Crippen molar-refractivity contribution in [3.63, 3.8) is 0 Å². The fourth-order valence-corrected chi connectivity index (χ4v) is 3.16. The van der Waals surface area contributed by atoms with E-state index >= 15 is 0 Å². The van der Waals surface area contributed by atoms with Gasteiger partial charge in [0, 0.05) is 12.3 Å². The van der Waals surface area contributed by atoms with Crippen molar-refractivity contribution < 1.29 is 19.1 Å². The van der Waals surface area contributed by atoms with Crippen LogP contribution in [0.2, 0.25) is 0 Å². The zero-order valence-electron chi connectivity index (χ0n) is 18.3. The minimum atomic E-state index is -1.12. The molecule has 32 heavy (non-hydrogen) atoms. The molecule has 1 aliphatic rings. The van der Waals surface area contributed by atoms with E-state index in [-0.39, 0.29) is 11.5 Å². The molecule has 3 aromatic rings. The highest BCUT2D eigenvalue weighted by atomic mass is 16.6. The Balaban J connectivity index is 1.68. The predicted molar refractivity (Wildman–Crippen MR) is 116 cm³/mol. The molecule has 0 aliphatic heterocycles. The van der Waals surface area contributed by atoms with Gasteiger partial charge in [-0.25, -0.2) is 14.5 Å². The molecule has 1 amide bonds. The fourth-order valence-electron chi connectivity index (χ4n) is 3.16. The van der Waals surface area contributed by atoms with E-state index in [1.165, 1.54) is 7.11 Å². The molecule has 3 aromatic heterocycles. The largest absolute Gasteiger partial charge is 0.481 e. The molecule has 1 fully saturated rings. The summed E-state index contributed by atoms with van der Waals surface area (Å²) in [6, 6.07) is 10.7. The molecule has 3 heterocycles. The van der Waals surface area contributed by atoms with Gasteiger partial charge in [-0.2, -0.15) is 5.10 Å². The normalized spacial score (nSPS) is 14.5. The van der Waals surface area contributed by atoms with Gasteiger partial charge in [-0.3, -0.25) is 9.78 Å². The minimum absolute atomic E-state index is 0.200. The quantitative estimate of drug-likeness (QED) is 0.593. The first-order valence-corrected chi connectivity index (χ1v) is 10.1. The Hall–Kier alpha value is -3.75. The van der Waals surface area contributed by atoms with E-state index in [1.54, 1.807) is 62.5 Å². The van der Waals surface area contributed by atoms with Crippen LogP contribution in [-0.2, 0) is 4.74 Å². The van der Waals surface area contributed by atoms with Crippen molar-refractivity contribution in [3.05, 3.63) is 60.9 Å². The number of hydrogen-bond acceptors (Lipinski definition) is 7. The van der Waals surface area contributed by atoms with Crippen LogP contribution in [0.25, 0.3) is 17.1 Å². The summed E-state index contributed by atoms with van der Waals surface area (Å²) >= 11 is 0. The molecule has 0 saturated heterocycles. The number of nitrogens with zero attached hydrogens (tertiary/aromatic N) is 4. The number of pyridine rings is 2. The third-order valence-electron chi connectivity index (χ3n) is 4.79. The Bertz CT molecular complexity index is 1130. The van der Waals surface area contributed by atoms with E-state index in [0.717, 1.165) is 0 Å². The highest BCUT2D eigenvalue weighted by molar-refractivity contribution is 6.08. The van der Waals surface area contributed by atoms with Gasteiger partial charge in [-0.1, -0.05) is 6.07 Å². The molecular weight excluding hydrogens is 410 g/mol. The molecule has 1 aliphatic carbocycles. The number of rotatable bonds is 6. The summed E-state index contributed by atoms with van der Waals surface area (Å²) < 4.78 is 12.0. The van der Waals surface area contributed by atoms with Crippen LogP contribution < -0.4 is 10.1 Å². The average molecular weight is 434 g/mol. The molecule has 4 rings (SSSR count). The molecule has 1 N–H and O–H groups in total. The van der Waals surface area contributed by atoms with Gasteiger partial charge in [-0.05, 0) is 57.9 Å². The molecule has 9 nitrogen and oxygen atoms in total. The molecular formula is C23H24N5O4. The first-order chi connectivity index (χ1) is 15.2. The lowest BCUT2D eigenvalue weighted by Crippen LogP contribution is -2.45. The van der Waals surface area contributed by atoms with Gasteiger partial charge in [0.25, 0.3) is 0 Å². The lowest BCUT2D eigenvalue weighted by atomic mass is 10.1. The molecule has 0 spiro atoms. The van der Waals surface area contributed by atoms with Gasteiger partial charge in [0.05, 0.1) is 30.4 Å². The van der Waals surface area contributed by atoms with Gasteiger partial charge in [-0.15, -0.1) is 0 Å². The first-order valence-electron chi connectivity index (χ1n) is 10.1. The molecule has 1 atom stereocenters. The highest BCUT2D eigenvalue weighted by Crippen LogP contribution is 2.38. The number of amides is 1. The van der Waals surface area contributed by atoms with Crippen molar-refractivity contribution in [1.29, 1.82) is 0 Å². The average Bonchev–Trinajstić information content (AvgIpc) is 3.40. The zero-order chi connectivity index (χ0) is 22.9. The summed E-state index contributed by atoms with van der Waals surface area (Å²) in [7, 11) is 1.54. The van der Waals surface area contributed by atoms with Crippen LogP contribution in [-0.4, -0.2) is 49.9 Å². The number of hydrogen-bond donors (Lipinski definition) is 1. The summed E-state index contributed by atoms with van der Waals surface area (Å²) in [6.07, 6.45) is 4.75. The van der Waals surface area contributed by atoms with Crippen molar-refractivity contribution in [3.8, 4) is 23.0 Å². The number of Topliss-reactive ketones (excluding diaryl/α,β-unsaturated/α-hetero) is 1. The number of carbonyl (C=O) groups is 2. The smallest absolute Gasteiger partial charge is 0.408 e. The maximum absolute atomic E-state index is 13.3. The number of nitrogens with one attached hydrogen (secondary N) is 1. The number of ether oxygens (including phenoxy) is 2. The molecule has 165 valence electrons. The second-order valence-corrected chi connectivity index (χ2v) is 8.44. The summed E-state index contributed by atoms with van der Waals surface area (Å²) in [5.41, 5.74) is 0.308. The molecule has 1 unspecified atom stereocenters. The molecule has 1 saturated carbocycles. The monoisotopic (exact) mass is 434 g/mol. The topological polar surface area (TPSA) is 108 Å². The Morgan fingerprint density at radius 1 is 1.16 bits per heavy atom. The Morgan fingerprint density at radius 2 is 1.94 bits per heavy atom. The Morgan fingerprint density at radius 3 is 2.50 bits per heavy atom. The third-order valence-corrected chi connectivity index (χ3v) is 4.79. The van der Waals surface area contributed by atoms with Crippen LogP contribution in [0.1, 0.15) is 37.7 Å². The molecule has 0 aromatic carbocycles. The summed E-state index contributed by atoms with van der Waals surface area (Å²) in [4.78, 5) is 34.2. The van der Waals surface area contributed by atoms with Crippen LogP contribution in [0.3, 0.4) is 0 Å². The maximum Gasteiger partial charge on any atom is 0.408 e. The minimum Gasteiger partial charge on any atom is -0.481 e.